The summed E-state index contributed by atoms with van der Waals surface area (Å²) in [6.45, 7) is 11.1. The number of nitrogens with two attached hydrogens (primary N) is 1. The van der Waals surface area contributed by atoms with Gasteiger partial charge in [-0.25, -0.2) is 0 Å². The van der Waals surface area contributed by atoms with Gasteiger partial charge in [0.25, 0.3) is 0 Å². The predicted octanol–water partition coefficient (Wildman–Crippen LogP) is 2.57. The van der Waals surface area contributed by atoms with Crippen molar-refractivity contribution in [3.8, 4) is 0 Å². The minimum absolute atomic E-state index is 0.0625. The van der Waals surface area contributed by atoms with Gasteiger partial charge in [0.1, 0.15) is 0 Å². The zero-order valence-corrected chi connectivity index (χ0v) is 12.8. The molecule has 0 aliphatic rings. The van der Waals surface area contributed by atoms with Gasteiger partial charge in [0.05, 0.1) is 0 Å². The first kappa shape index (κ1) is 16.2. The van der Waals surface area contributed by atoms with Crippen molar-refractivity contribution in [2.24, 2.45) is 5.84 Å². The molecule has 0 aromatic heterocycles. The Morgan fingerprint density at radius 1 is 1.16 bits per heavy atom. The summed E-state index contributed by atoms with van der Waals surface area (Å²) >= 11 is 0. The highest BCUT2D eigenvalue weighted by Gasteiger charge is 2.32. The van der Waals surface area contributed by atoms with E-state index in [-0.39, 0.29) is 11.6 Å². The quantitative estimate of drug-likeness (QED) is 0.559. The third kappa shape index (κ3) is 4.30. The fourth-order valence-electron chi connectivity index (χ4n) is 2.86. The molecule has 1 aromatic rings. The molecule has 1 rings (SSSR count). The summed E-state index contributed by atoms with van der Waals surface area (Å²) in [4.78, 5) is 2.46. The lowest BCUT2D eigenvalue weighted by Crippen LogP contribution is -2.59. The van der Waals surface area contributed by atoms with Crippen LogP contribution in [0.4, 0.5) is 0 Å². The summed E-state index contributed by atoms with van der Waals surface area (Å²) in [5, 5.41) is 0. The molecule has 0 bridgehead atoms. The molecule has 0 aliphatic heterocycles. The molecule has 0 saturated heterocycles. The molecular formula is C16H29N3. The molecule has 3 heteroatoms. The number of hydrazine groups is 1. The summed E-state index contributed by atoms with van der Waals surface area (Å²) in [6.07, 6.45) is 2.10. The number of rotatable bonds is 8. The van der Waals surface area contributed by atoms with E-state index in [1.54, 1.807) is 0 Å². The Labute approximate surface area is 118 Å². The Balaban J connectivity index is 2.66. The summed E-state index contributed by atoms with van der Waals surface area (Å²) in [5.74, 6) is 5.79. The van der Waals surface area contributed by atoms with Crippen molar-refractivity contribution in [2.75, 3.05) is 13.1 Å². The monoisotopic (exact) mass is 263 g/mol. The van der Waals surface area contributed by atoms with Crippen LogP contribution in [0.25, 0.3) is 0 Å². The Morgan fingerprint density at radius 3 is 2.21 bits per heavy atom. The number of benzene rings is 1. The van der Waals surface area contributed by atoms with Crippen LogP contribution in [0.5, 0.6) is 0 Å². The minimum atomic E-state index is 0.0625. The molecular weight excluding hydrogens is 234 g/mol. The molecule has 0 heterocycles. The van der Waals surface area contributed by atoms with Crippen molar-refractivity contribution in [3.05, 3.63) is 35.9 Å². The third-order valence-corrected chi connectivity index (χ3v) is 4.20. The lowest BCUT2D eigenvalue weighted by molar-refractivity contribution is 0.0877. The highest BCUT2D eigenvalue weighted by atomic mass is 15.3. The first-order valence-corrected chi connectivity index (χ1v) is 7.31. The summed E-state index contributed by atoms with van der Waals surface area (Å²) in [5.41, 5.74) is 4.46. The van der Waals surface area contributed by atoms with Crippen molar-refractivity contribution in [3.63, 3.8) is 0 Å². The average molecular weight is 263 g/mol. The van der Waals surface area contributed by atoms with Gasteiger partial charge < -0.3 is 0 Å². The van der Waals surface area contributed by atoms with Crippen LogP contribution in [0, 0.1) is 0 Å². The van der Waals surface area contributed by atoms with E-state index >= 15 is 0 Å². The van der Waals surface area contributed by atoms with Gasteiger partial charge >= 0.3 is 0 Å². The van der Waals surface area contributed by atoms with Gasteiger partial charge in [-0.2, -0.15) is 0 Å². The van der Waals surface area contributed by atoms with E-state index in [9.17, 15) is 0 Å². The van der Waals surface area contributed by atoms with Crippen LogP contribution in [0.3, 0.4) is 0 Å². The fourth-order valence-corrected chi connectivity index (χ4v) is 2.86. The number of likely N-dealkylation sites (N-methyl/N-ethyl adjacent to an activating group) is 1. The molecule has 3 nitrogen and oxygen atoms in total. The molecule has 0 amide bonds. The first-order chi connectivity index (χ1) is 9.06. The van der Waals surface area contributed by atoms with Crippen molar-refractivity contribution in [1.82, 2.24) is 10.3 Å². The van der Waals surface area contributed by atoms with E-state index in [1.807, 2.05) is 0 Å². The molecule has 3 N–H and O–H groups in total. The van der Waals surface area contributed by atoms with E-state index in [4.69, 9.17) is 5.84 Å². The van der Waals surface area contributed by atoms with Gasteiger partial charge in [0.2, 0.25) is 0 Å². The summed E-state index contributed by atoms with van der Waals surface area (Å²) < 4.78 is 0. The fraction of sp³-hybridized carbons (Fsp3) is 0.625. The average Bonchev–Trinajstić information content (AvgIpc) is 2.41. The molecule has 0 spiro atoms. The van der Waals surface area contributed by atoms with Crippen LogP contribution in [-0.2, 0) is 6.42 Å². The maximum Gasteiger partial charge on any atom is 0.0392 e. The second-order valence-corrected chi connectivity index (χ2v) is 5.57. The van der Waals surface area contributed by atoms with Crippen LogP contribution in [0.1, 0.15) is 39.7 Å². The summed E-state index contributed by atoms with van der Waals surface area (Å²) in [7, 11) is 0. The highest BCUT2D eigenvalue weighted by molar-refractivity contribution is 5.15. The maximum atomic E-state index is 5.79. The van der Waals surface area contributed by atoms with Gasteiger partial charge in [-0.1, -0.05) is 44.2 Å². The highest BCUT2D eigenvalue weighted by Crippen LogP contribution is 2.22. The van der Waals surface area contributed by atoms with Crippen LogP contribution in [-0.4, -0.2) is 29.6 Å². The number of aryl methyl sites for hydroxylation is 1. The molecule has 0 radical (unpaired) electrons. The number of hydrogen-bond acceptors (Lipinski definition) is 3. The van der Waals surface area contributed by atoms with E-state index in [0.29, 0.717) is 0 Å². The van der Waals surface area contributed by atoms with E-state index in [0.717, 1.165) is 25.9 Å². The second kappa shape index (κ2) is 7.63. The van der Waals surface area contributed by atoms with Gasteiger partial charge in [-0.3, -0.25) is 16.2 Å². The third-order valence-electron chi connectivity index (χ3n) is 4.20. The second-order valence-electron chi connectivity index (χ2n) is 5.57. The summed E-state index contributed by atoms with van der Waals surface area (Å²) in [6, 6.07) is 10.9. The van der Waals surface area contributed by atoms with Crippen molar-refractivity contribution in [2.45, 2.75) is 52.1 Å². The zero-order chi connectivity index (χ0) is 14.3. The van der Waals surface area contributed by atoms with Crippen LogP contribution in [0.15, 0.2) is 30.3 Å². The van der Waals surface area contributed by atoms with E-state index in [2.05, 4.69) is 68.4 Å². The van der Waals surface area contributed by atoms with E-state index in [1.165, 1.54) is 5.56 Å². The number of nitrogens with one attached hydrogen (secondary N) is 1. The molecule has 0 fully saturated rings. The lowest BCUT2D eigenvalue weighted by atomic mass is 9.88. The zero-order valence-electron chi connectivity index (χ0n) is 12.8. The standard InChI is InChI=1S/C16H29N3/c1-5-19(6-2)16(3,4)15(18-17)13-12-14-10-8-7-9-11-14/h7-11,15,18H,5-6,12-13,17H2,1-4H3. The SMILES string of the molecule is CCN(CC)C(C)(C)C(CCc1ccccc1)NN. The molecule has 0 saturated carbocycles. The topological polar surface area (TPSA) is 41.3 Å². The Hall–Kier alpha value is -0.900. The van der Waals surface area contributed by atoms with Crippen molar-refractivity contribution < 1.29 is 0 Å². The lowest BCUT2D eigenvalue weighted by Gasteiger charge is -2.43. The Morgan fingerprint density at radius 2 is 1.74 bits per heavy atom. The normalized spacial score (nSPS) is 13.8. The van der Waals surface area contributed by atoms with Gasteiger partial charge in [0.15, 0.2) is 0 Å². The van der Waals surface area contributed by atoms with Crippen molar-refractivity contribution in [1.29, 1.82) is 0 Å². The van der Waals surface area contributed by atoms with Crippen LogP contribution >= 0.6 is 0 Å². The predicted molar refractivity (Wildman–Crippen MR) is 82.9 cm³/mol. The molecule has 108 valence electrons. The van der Waals surface area contributed by atoms with E-state index < -0.39 is 0 Å². The van der Waals surface area contributed by atoms with Gasteiger partial charge in [-0.05, 0) is 45.3 Å². The first-order valence-electron chi connectivity index (χ1n) is 7.31. The minimum Gasteiger partial charge on any atom is -0.297 e. The van der Waals surface area contributed by atoms with Crippen molar-refractivity contribution >= 4 is 0 Å². The largest absolute Gasteiger partial charge is 0.297 e. The Bertz CT molecular complexity index is 344. The smallest absolute Gasteiger partial charge is 0.0392 e. The Kier molecular flexibility index (Phi) is 6.49. The van der Waals surface area contributed by atoms with Crippen LogP contribution < -0.4 is 11.3 Å². The number of nitrogens with zero attached hydrogens (tertiary/aromatic N) is 1. The number of hydrogen-bond donors (Lipinski definition) is 2. The van der Waals surface area contributed by atoms with Gasteiger partial charge in [0, 0.05) is 11.6 Å². The molecule has 0 aliphatic carbocycles. The van der Waals surface area contributed by atoms with Crippen LogP contribution in [0.2, 0.25) is 0 Å². The molecule has 19 heavy (non-hydrogen) atoms. The molecule has 1 atom stereocenters. The van der Waals surface area contributed by atoms with Gasteiger partial charge in [-0.15, -0.1) is 0 Å². The maximum absolute atomic E-state index is 5.79. The molecule has 1 unspecified atom stereocenters. The molecule has 1 aromatic carbocycles.